The van der Waals surface area contributed by atoms with Crippen molar-refractivity contribution in [1.82, 2.24) is 15.0 Å². The Hall–Kier alpha value is -3.28. The molecule has 6 nitrogen and oxygen atoms in total. The van der Waals surface area contributed by atoms with Crippen LogP contribution in [0.3, 0.4) is 0 Å². The number of pyridine rings is 1. The maximum Gasteiger partial charge on any atom is 0.275 e. The predicted octanol–water partition coefficient (Wildman–Crippen LogP) is 4.17. The molecule has 0 radical (unpaired) electrons. The largest absolute Gasteiger partial charge is 0.363 e. The molecule has 0 spiro atoms. The van der Waals surface area contributed by atoms with Crippen LogP contribution in [0.25, 0.3) is 0 Å². The van der Waals surface area contributed by atoms with Crippen LogP contribution < -0.4 is 10.6 Å². The number of benzene rings is 1. The molecule has 2 heterocycles. The Kier molecular flexibility index (Phi) is 5.76. The second-order valence-electron chi connectivity index (χ2n) is 6.61. The number of carbonyl (C=O) groups is 1. The molecular weight excluding hydrogens is 338 g/mol. The van der Waals surface area contributed by atoms with Gasteiger partial charge in [-0.15, -0.1) is 0 Å². The van der Waals surface area contributed by atoms with Gasteiger partial charge in [0.25, 0.3) is 5.91 Å². The molecule has 1 amide bonds. The van der Waals surface area contributed by atoms with Gasteiger partial charge in [0.15, 0.2) is 0 Å². The Bertz CT molecular complexity index is 908. The van der Waals surface area contributed by atoms with E-state index in [4.69, 9.17) is 0 Å². The minimum Gasteiger partial charge on any atom is -0.363 e. The van der Waals surface area contributed by atoms with Gasteiger partial charge in [0.05, 0.1) is 24.6 Å². The third-order valence-corrected chi connectivity index (χ3v) is 4.23. The van der Waals surface area contributed by atoms with E-state index in [9.17, 15) is 4.79 Å². The number of amides is 1. The summed E-state index contributed by atoms with van der Waals surface area (Å²) in [5.41, 5.74) is 4.15. The van der Waals surface area contributed by atoms with Crippen LogP contribution in [0.1, 0.15) is 47.1 Å². The van der Waals surface area contributed by atoms with Crippen LogP contribution in [0, 0.1) is 6.92 Å². The lowest BCUT2D eigenvalue weighted by Gasteiger charge is -2.16. The average Bonchev–Trinajstić information content (AvgIpc) is 2.69. The summed E-state index contributed by atoms with van der Waals surface area (Å²) in [6.45, 7) is 6.73. The van der Waals surface area contributed by atoms with Crippen molar-refractivity contribution in [2.75, 3.05) is 10.6 Å². The molecule has 0 aliphatic carbocycles. The van der Waals surface area contributed by atoms with Gasteiger partial charge >= 0.3 is 0 Å². The maximum atomic E-state index is 12.6. The fourth-order valence-electron chi connectivity index (χ4n) is 2.74. The van der Waals surface area contributed by atoms with Gasteiger partial charge in [-0.1, -0.05) is 38.1 Å². The number of hydrogen-bond acceptors (Lipinski definition) is 5. The molecule has 3 aromatic rings. The fraction of sp³-hybridized carbons (Fsp3) is 0.238. The summed E-state index contributed by atoms with van der Waals surface area (Å²) in [5.74, 6) is 0.635. The molecule has 1 aromatic carbocycles. The van der Waals surface area contributed by atoms with Crippen molar-refractivity contribution in [2.45, 2.75) is 33.2 Å². The lowest BCUT2D eigenvalue weighted by atomic mass is 9.98. The van der Waals surface area contributed by atoms with Gasteiger partial charge in [0.1, 0.15) is 11.5 Å². The molecule has 0 aliphatic rings. The summed E-state index contributed by atoms with van der Waals surface area (Å²) in [5, 5.41) is 6.12. The minimum atomic E-state index is -0.269. The Morgan fingerprint density at radius 1 is 1.04 bits per heavy atom. The quantitative estimate of drug-likeness (QED) is 0.689. The zero-order valence-corrected chi connectivity index (χ0v) is 15.7. The number of rotatable bonds is 6. The first kappa shape index (κ1) is 18.5. The molecule has 138 valence electrons. The zero-order valence-electron chi connectivity index (χ0n) is 15.7. The van der Waals surface area contributed by atoms with Gasteiger partial charge in [0, 0.05) is 11.9 Å². The van der Waals surface area contributed by atoms with Gasteiger partial charge < -0.3 is 10.6 Å². The number of nitrogens with one attached hydrogen (secondary N) is 2. The van der Waals surface area contributed by atoms with Crippen LogP contribution >= 0.6 is 0 Å². The van der Waals surface area contributed by atoms with E-state index >= 15 is 0 Å². The maximum absolute atomic E-state index is 12.6. The number of nitrogens with zero attached hydrogens (tertiary/aromatic N) is 3. The first-order valence-electron chi connectivity index (χ1n) is 8.91. The van der Waals surface area contributed by atoms with E-state index in [0.717, 1.165) is 22.5 Å². The van der Waals surface area contributed by atoms with Crippen LogP contribution in [0.4, 0.5) is 11.5 Å². The smallest absolute Gasteiger partial charge is 0.275 e. The number of carbonyl (C=O) groups excluding carboxylic acids is 1. The van der Waals surface area contributed by atoms with E-state index < -0.39 is 0 Å². The first-order valence-corrected chi connectivity index (χ1v) is 8.91. The van der Waals surface area contributed by atoms with E-state index in [1.165, 1.54) is 6.20 Å². The summed E-state index contributed by atoms with van der Waals surface area (Å²) >= 11 is 0. The molecule has 2 aromatic heterocycles. The van der Waals surface area contributed by atoms with Crippen molar-refractivity contribution in [3.05, 3.63) is 77.5 Å². The third kappa shape index (κ3) is 4.67. The molecule has 2 N–H and O–H groups in total. The van der Waals surface area contributed by atoms with E-state index in [1.807, 2.05) is 43.3 Å². The molecule has 0 saturated carbocycles. The van der Waals surface area contributed by atoms with E-state index in [2.05, 4.69) is 39.4 Å². The van der Waals surface area contributed by atoms with Crippen LogP contribution in [-0.4, -0.2) is 20.9 Å². The minimum absolute atomic E-state index is 0.269. The Morgan fingerprint density at radius 3 is 2.56 bits per heavy atom. The molecule has 0 atom stereocenters. The van der Waals surface area contributed by atoms with Crippen LogP contribution in [0.15, 0.2) is 55.0 Å². The molecular formula is C21H23N5O. The Morgan fingerprint density at radius 2 is 1.89 bits per heavy atom. The highest BCUT2D eigenvalue weighted by atomic mass is 16.1. The van der Waals surface area contributed by atoms with Gasteiger partial charge in [-0.25, -0.2) is 9.97 Å². The summed E-state index contributed by atoms with van der Waals surface area (Å²) < 4.78 is 0. The lowest BCUT2D eigenvalue weighted by molar-refractivity contribution is 0.102. The average molecular weight is 361 g/mol. The Labute approximate surface area is 159 Å². The van der Waals surface area contributed by atoms with Gasteiger partial charge in [-0.2, -0.15) is 0 Å². The second-order valence-corrected chi connectivity index (χ2v) is 6.61. The number of aryl methyl sites for hydroxylation is 1. The predicted molar refractivity (Wildman–Crippen MR) is 107 cm³/mol. The van der Waals surface area contributed by atoms with Crippen molar-refractivity contribution in [3.8, 4) is 0 Å². The Balaban J connectivity index is 1.68. The van der Waals surface area contributed by atoms with Crippen LogP contribution in [0.5, 0.6) is 0 Å². The first-order chi connectivity index (χ1) is 13.0. The van der Waals surface area contributed by atoms with E-state index in [-0.39, 0.29) is 11.6 Å². The molecule has 27 heavy (non-hydrogen) atoms. The highest BCUT2D eigenvalue weighted by molar-refractivity contribution is 6.03. The number of anilines is 2. The van der Waals surface area contributed by atoms with Crippen LogP contribution in [0.2, 0.25) is 0 Å². The van der Waals surface area contributed by atoms with Gasteiger partial charge in [0.2, 0.25) is 0 Å². The molecule has 0 unspecified atom stereocenters. The summed E-state index contributed by atoms with van der Waals surface area (Å²) in [4.78, 5) is 25.3. The number of para-hydroxylation sites is 1. The standard InChI is InChI=1S/C21H23N5O/c1-14(2)17-9-6-7-15(3)20(17)26-21(27)18-12-25-19(13-23-18)24-11-16-8-4-5-10-22-16/h4-10,12-14H,11H2,1-3H3,(H,24,25)(H,26,27). The molecule has 0 aliphatic heterocycles. The molecule has 0 bridgehead atoms. The normalized spacial score (nSPS) is 10.7. The van der Waals surface area contributed by atoms with Crippen molar-refractivity contribution >= 4 is 17.4 Å². The highest BCUT2D eigenvalue weighted by Crippen LogP contribution is 2.27. The summed E-state index contributed by atoms with van der Waals surface area (Å²) in [7, 11) is 0. The summed E-state index contributed by atoms with van der Waals surface area (Å²) in [6.07, 6.45) is 4.77. The number of hydrogen-bond donors (Lipinski definition) is 2. The zero-order chi connectivity index (χ0) is 19.2. The third-order valence-electron chi connectivity index (χ3n) is 4.23. The molecule has 0 fully saturated rings. The molecule has 0 saturated heterocycles. The van der Waals surface area contributed by atoms with E-state index in [1.54, 1.807) is 12.4 Å². The lowest BCUT2D eigenvalue weighted by Crippen LogP contribution is -2.17. The molecule has 3 rings (SSSR count). The summed E-state index contributed by atoms with van der Waals surface area (Å²) in [6, 6.07) is 11.7. The van der Waals surface area contributed by atoms with Gasteiger partial charge in [-0.3, -0.25) is 9.78 Å². The second kappa shape index (κ2) is 8.40. The molecule has 6 heteroatoms. The van der Waals surface area contributed by atoms with Crippen molar-refractivity contribution in [2.24, 2.45) is 0 Å². The van der Waals surface area contributed by atoms with Crippen LogP contribution in [-0.2, 0) is 6.54 Å². The topological polar surface area (TPSA) is 79.8 Å². The van der Waals surface area contributed by atoms with Crippen molar-refractivity contribution in [1.29, 1.82) is 0 Å². The monoisotopic (exact) mass is 361 g/mol. The highest BCUT2D eigenvalue weighted by Gasteiger charge is 2.14. The SMILES string of the molecule is Cc1cccc(C(C)C)c1NC(=O)c1cnc(NCc2ccccn2)cn1. The van der Waals surface area contributed by atoms with Crippen molar-refractivity contribution in [3.63, 3.8) is 0 Å². The fourth-order valence-corrected chi connectivity index (χ4v) is 2.74. The van der Waals surface area contributed by atoms with E-state index in [0.29, 0.717) is 18.3 Å². The van der Waals surface area contributed by atoms with Gasteiger partial charge in [-0.05, 0) is 36.1 Å². The number of aromatic nitrogens is 3. The van der Waals surface area contributed by atoms with Crippen molar-refractivity contribution < 1.29 is 4.79 Å².